The first-order chi connectivity index (χ1) is 23.2. The first-order valence-corrected chi connectivity index (χ1v) is 14.0. The Morgan fingerprint density at radius 1 is 0.796 bits per heavy atom. The molecule has 4 rings (SSSR count). The van der Waals surface area contributed by atoms with Crippen LogP contribution in [0.4, 0.5) is 14.5 Å². The number of hydrogen-bond donors (Lipinski definition) is 1. The van der Waals surface area contributed by atoms with Gasteiger partial charge in [-0.3, -0.25) is 24.0 Å². The van der Waals surface area contributed by atoms with Crippen molar-refractivity contribution in [1.29, 1.82) is 0 Å². The normalized spacial score (nSPS) is 10.7. The highest BCUT2D eigenvalue weighted by Crippen LogP contribution is 2.48. The summed E-state index contributed by atoms with van der Waals surface area (Å²) in [4.78, 5) is 73.1. The van der Waals surface area contributed by atoms with Gasteiger partial charge in [-0.15, -0.1) is 0 Å². The minimum absolute atomic E-state index is 0.0870. The van der Waals surface area contributed by atoms with Crippen LogP contribution in [0, 0.1) is 11.6 Å². The van der Waals surface area contributed by atoms with Crippen molar-refractivity contribution in [3.63, 3.8) is 0 Å². The Hall–Kier alpha value is -6.26. The lowest BCUT2D eigenvalue weighted by atomic mass is 9.92. The molecule has 1 N–H and O–H groups in total. The Labute approximate surface area is 274 Å². The third-order valence-electron chi connectivity index (χ3n) is 6.67. The van der Waals surface area contributed by atoms with Crippen molar-refractivity contribution in [2.45, 2.75) is 13.8 Å². The Morgan fingerprint density at radius 3 is 2.06 bits per heavy atom. The fourth-order valence-electron chi connectivity index (χ4n) is 4.62. The first kappa shape index (κ1) is 35.6. The lowest BCUT2D eigenvalue weighted by molar-refractivity contribution is -0.147. The van der Waals surface area contributed by atoms with E-state index in [4.69, 9.17) is 32.8 Å². The number of fused-ring (bicyclic) bond motifs is 2. The van der Waals surface area contributed by atoms with Crippen LogP contribution in [0.15, 0.2) is 45.6 Å². The predicted molar refractivity (Wildman–Crippen MR) is 162 cm³/mol. The van der Waals surface area contributed by atoms with Crippen molar-refractivity contribution in [2.24, 2.45) is 0 Å². The molecular weight excluding hydrogens is 660 g/mol. The van der Waals surface area contributed by atoms with E-state index in [9.17, 15) is 38.3 Å². The molecule has 0 amide bonds. The number of ether oxygens (including phenoxy) is 6. The minimum Gasteiger partial charge on any atom is -0.480 e. The lowest BCUT2D eigenvalue weighted by Crippen LogP contribution is -2.36. The van der Waals surface area contributed by atoms with E-state index < -0.39 is 79.1 Å². The molecular formula is C32H27F2NO14. The van der Waals surface area contributed by atoms with Crippen LogP contribution in [-0.2, 0) is 38.2 Å². The zero-order chi connectivity index (χ0) is 36.0. The van der Waals surface area contributed by atoms with E-state index in [-0.39, 0.29) is 50.6 Å². The zero-order valence-corrected chi connectivity index (χ0v) is 26.3. The van der Waals surface area contributed by atoms with Gasteiger partial charge in [0, 0.05) is 54.1 Å². The highest BCUT2D eigenvalue weighted by Gasteiger charge is 2.28. The van der Waals surface area contributed by atoms with Crippen LogP contribution < -0.4 is 24.5 Å². The molecule has 258 valence electrons. The average Bonchev–Trinajstić information content (AvgIpc) is 3.03. The van der Waals surface area contributed by atoms with Crippen LogP contribution in [-0.4, -0.2) is 75.7 Å². The number of methoxy groups -OCH3 is 2. The standard InChI is InChI=1S/C32H27F2NO14/c1-15(36)46-14-47-27-10-26-18(6-21(27)34)32(17-5-20(33)23(38)9-25(17)49-26)19-7-28(45-13-29(39)40)22(8-24(19)48-16(2)37)35(11-30(41)43-3)12-31(42)44-4/h5-10H,11-14H2,1-4H3,(H,39,40). The van der Waals surface area contributed by atoms with Crippen LogP contribution in [0.2, 0.25) is 0 Å². The van der Waals surface area contributed by atoms with E-state index in [1.807, 2.05) is 0 Å². The maximum atomic E-state index is 15.5. The summed E-state index contributed by atoms with van der Waals surface area (Å²) in [7, 11) is 2.17. The molecule has 0 radical (unpaired) electrons. The second-order valence-electron chi connectivity index (χ2n) is 10.0. The number of esters is 4. The molecule has 0 unspecified atom stereocenters. The van der Waals surface area contributed by atoms with Crippen molar-refractivity contribution < 1.29 is 70.7 Å². The number of carboxylic acid groups (broad SMARTS) is 1. The van der Waals surface area contributed by atoms with Crippen molar-refractivity contribution in [2.75, 3.05) is 45.6 Å². The molecule has 0 bridgehead atoms. The third kappa shape index (κ3) is 8.37. The van der Waals surface area contributed by atoms with Crippen molar-refractivity contribution in [1.82, 2.24) is 0 Å². The van der Waals surface area contributed by atoms with E-state index in [1.54, 1.807) is 0 Å². The van der Waals surface area contributed by atoms with Gasteiger partial charge in [-0.25, -0.2) is 13.6 Å². The largest absolute Gasteiger partial charge is 0.480 e. The molecule has 1 aliphatic heterocycles. The summed E-state index contributed by atoms with van der Waals surface area (Å²) < 4.78 is 66.5. The van der Waals surface area contributed by atoms with Gasteiger partial charge >= 0.3 is 29.8 Å². The zero-order valence-electron chi connectivity index (χ0n) is 26.3. The smallest absolute Gasteiger partial charge is 0.341 e. The first-order valence-electron chi connectivity index (χ1n) is 14.0. The minimum atomic E-state index is -1.42. The molecule has 17 heteroatoms. The molecule has 2 aliphatic rings. The molecule has 0 aromatic heterocycles. The van der Waals surface area contributed by atoms with Crippen molar-refractivity contribution in [3.05, 3.63) is 58.3 Å². The van der Waals surface area contributed by atoms with E-state index in [0.717, 1.165) is 69.4 Å². The van der Waals surface area contributed by atoms with Gasteiger partial charge in [0.05, 0.1) is 19.9 Å². The highest BCUT2D eigenvalue weighted by molar-refractivity contribution is 6.04. The van der Waals surface area contributed by atoms with Crippen LogP contribution in [0.25, 0.3) is 33.4 Å². The predicted octanol–water partition coefficient (Wildman–Crippen LogP) is 3.28. The number of rotatable bonds is 13. The topological polar surface area (TPSA) is 194 Å². The molecule has 49 heavy (non-hydrogen) atoms. The average molecular weight is 688 g/mol. The third-order valence-corrected chi connectivity index (χ3v) is 6.67. The quantitative estimate of drug-likeness (QED) is 0.0707. The van der Waals surface area contributed by atoms with Crippen LogP contribution in [0.3, 0.4) is 0 Å². The van der Waals surface area contributed by atoms with Gasteiger partial charge < -0.3 is 42.8 Å². The molecule has 1 heterocycles. The number of carbonyl (C=O) groups is 5. The van der Waals surface area contributed by atoms with Gasteiger partial charge in [-0.05, 0) is 18.2 Å². The van der Waals surface area contributed by atoms with Crippen LogP contribution >= 0.6 is 0 Å². The molecule has 1 aliphatic carbocycles. The summed E-state index contributed by atoms with van der Waals surface area (Å²) in [5.74, 6) is -8.18. The van der Waals surface area contributed by atoms with Gasteiger partial charge in [0.1, 0.15) is 35.9 Å². The summed E-state index contributed by atoms with van der Waals surface area (Å²) in [5, 5.41) is 9.31. The summed E-state index contributed by atoms with van der Waals surface area (Å²) in [5.41, 5.74) is -1.69. The van der Waals surface area contributed by atoms with E-state index in [1.165, 1.54) is 0 Å². The molecule has 15 nitrogen and oxygen atoms in total. The fourth-order valence-corrected chi connectivity index (χ4v) is 4.62. The van der Waals surface area contributed by atoms with Crippen LogP contribution in [0.1, 0.15) is 13.8 Å². The number of anilines is 1. The van der Waals surface area contributed by atoms with E-state index in [2.05, 4.69) is 0 Å². The maximum absolute atomic E-state index is 15.5. The Balaban J connectivity index is 2.11. The van der Waals surface area contributed by atoms with Crippen molar-refractivity contribution >= 4 is 46.5 Å². The van der Waals surface area contributed by atoms with Gasteiger partial charge in [0.25, 0.3) is 0 Å². The number of carboxylic acids is 1. The molecule has 2 aromatic carbocycles. The Morgan fingerprint density at radius 2 is 1.47 bits per heavy atom. The summed E-state index contributed by atoms with van der Waals surface area (Å²) >= 11 is 0. The Bertz CT molecular complexity index is 1970. The van der Waals surface area contributed by atoms with E-state index in [0.29, 0.717) is 0 Å². The fraction of sp³-hybridized carbons (Fsp3) is 0.250. The monoisotopic (exact) mass is 687 g/mol. The summed E-state index contributed by atoms with van der Waals surface area (Å²) in [6, 6.07) is 5.91. The van der Waals surface area contributed by atoms with Gasteiger partial charge in [-0.1, -0.05) is 0 Å². The number of benzene rings is 3. The van der Waals surface area contributed by atoms with Gasteiger partial charge in [0.2, 0.25) is 12.2 Å². The second-order valence-corrected chi connectivity index (χ2v) is 10.0. The second kappa shape index (κ2) is 15.1. The molecule has 0 saturated carbocycles. The molecule has 0 saturated heterocycles. The molecule has 2 aromatic rings. The van der Waals surface area contributed by atoms with E-state index >= 15 is 4.39 Å². The molecule has 0 atom stereocenters. The summed E-state index contributed by atoms with van der Waals surface area (Å²) in [6.07, 6.45) is 0. The van der Waals surface area contributed by atoms with Crippen molar-refractivity contribution in [3.8, 4) is 39.7 Å². The number of halogens is 2. The molecule has 0 spiro atoms. The number of carbonyl (C=O) groups excluding carboxylic acids is 4. The number of nitrogens with zero attached hydrogens (tertiary/aromatic N) is 1. The number of hydrogen-bond acceptors (Lipinski definition) is 14. The molecule has 0 fully saturated rings. The Kier molecular flexibility index (Phi) is 11.0. The van der Waals surface area contributed by atoms with Gasteiger partial charge in [-0.2, -0.15) is 0 Å². The summed E-state index contributed by atoms with van der Waals surface area (Å²) in [6.45, 7) is -0.639. The SMILES string of the molecule is COC(=O)CN(CC(=O)OC)c1cc(OC(C)=O)c(-c2c3cc(F)c(=O)cc-3oc3cc(OCOC(C)=O)c(F)cc23)cc1OCC(=O)O. The number of aliphatic carboxylic acids is 1. The highest BCUT2D eigenvalue weighted by atomic mass is 19.1. The maximum Gasteiger partial charge on any atom is 0.341 e. The van der Waals surface area contributed by atoms with Crippen LogP contribution in [0.5, 0.6) is 17.2 Å². The van der Waals surface area contributed by atoms with Gasteiger partial charge in [0.15, 0.2) is 24.0 Å². The lowest BCUT2D eigenvalue weighted by Gasteiger charge is -2.26.